The number of carbonyl (C=O) groups is 2. The maximum atomic E-state index is 11.3. The Bertz CT molecular complexity index is 319. The number of unbranched alkanes of at least 4 members (excludes halogenated alkanes) is 9. The molecule has 6 nitrogen and oxygen atoms in total. The quantitative estimate of drug-likeness (QED) is 0.174. The minimum Gasteiger partial charge on any atom is -0.447 e. The van der Waals surface area contributed by atoms with Gasteiger partial charge in [-0.15, -0.1) is 0 Å². The fourth-order valence-corrected chi connectivity index (χ4v) is 2.60. The van der Waals surface area contributed by atoms with Gasteiger partial charge in [-0.05, 0) is 19.3 Å². The van der Waals surface area contributed by atoms with Crippen molar-refractivity contribution < 1.29 is 29.2 Å². The van der Waals surface area contributed by atoms with Gasteiger partial charge in [-0.1, -0.05) is 78.1 Å². The van der Waals surface area contributed by atoms with E-state index in [1.807, 2.05) is 0 Å². The van der Waals surface area contributed by atoms with Crippen LogP contribution in [0, 0.1) is 0 Å². The van der Waals surface area contributed by atoms with E-state index in [4.69, 9.17) is 9.84 Å². The second kappa shape index (κ2) is 16.4. The first-order chi connectivity index (χ1) is 11.6. The van der Waals surface area contributed by atoms with Gasteiger partial charge in [0.05, 0.1) is 0 Å². The molecule has 0 aromatic heterocycles. The van der Waals surface area contributed by atoms with E-state index in [9.17, 15) is 9.59 Å². The van der Waals surface area contributed by atoms with Crippen LogP contribution in [0.4, 0.5) is 9.59 Å². The van der Waals surface area contributed by atoms with Crippen LogP contribution in [-0.2, 0) is 14.5 Å². The largest absolute Gasteiger partial charge is 0.550 e. The van der Waals surface area contributed by atoms with Gasteiger partial charge in [0.15, 0.2) is 0 Å². The van der Waals surface area contributed by atoms with Crippen LogP contribution < -0.4 is 0 Å². The Morgan fingerprint density at radius 1 is 0.750 bits per heavy atom. The van der Waals surface area contributed by atoms with Crippen LogP contribution in [0.15, 0.2) is 0 Å². The third kappa shape index (κ3) is 15.4. The molecule has 0 aliphatic heterocycles. The van der Waals surface area contributed by atoms with Crippen LogP contribution in [0.1, 0.15) is 97.3 Å². The van der Waals surface area contributed by atoms with Crippen LogP contribution in [0.25, 0.3) is 0 Å². The van der Waals surface area contributed by atoms with Crippen molar-refractivity contribution in [3.8, 4) is 0 Å². The van der Waals surface area contributed by atoms with Gasteiger partial charge < -0.3 is 9.84 Å². The van der Waals surface area contributed by atoms with Gasteiger partial charge in [0.25, 0.3) is 0 Å². The minimum absolute atomic E-state index is 0.237. The highest BCUT2D eigenvalue weighted by molar-refractivity contribution is 5.62. The topological polar surface area (TPSA) is 82.1 Å². The van der Waals surface area contributed by atoms with Gasteiger partial charge in [-0.3, -0.25) is 0 Å². The summed E-state index contributed by atoms with van der Waals surface area (Å²) in [5.41, 5.74) is 0. The van der Waals surface area contributed by atoms with Crippen molar-refractivity contribution >= 4 is 12.3 Å². The van der Waals surface area contributed by atoms with Gasteiger partial charge in [0.2, 0.25) is 0 Å². The van der Waals surface area contributed by atoms with Crippen molar-refractivity contribution in [1.82, 2.24) is 0 Å². The second-order valence-corrected chi connectivity index (χ2v) is 6.18. The molecule has 6 heteroatoms. The Morgan fingerprint density at radius 3 is 1.79 bits per heavy atom. The number of hydrogen-bond donors (Lipinski definition) is 1. The van der Waals surface area contributed by atoms with Gasteiger partial charge >= 0.3 is 12.3 Å². The van der Waals surface area contributed by atoms with E-state index in [1.54, 1.807) is 0 Å². The summed E-state index contributed by atoms with van der Waals surface area (Å²) in [5, 5.41) is 8.27. The van der Waals surface area contributed by atoms with Crippen molar-refractivity contribution in [3.05, 3.63) is 0 Å². The molecule has 0 aliphatic rings. The number of rotatable bonds is 14. The molecular formula is C18H34O6. The molecule has 24 heavy (non-hydrogen) atoms. The first kappa shape index (κ1) is 22.5. The Labute approximate surface area is 145 Å². The maximum Gasteiger partial charge on any atom is 0.550 e. The third-order valence-electron chi connectivity index (χ3n) is 3.95. The summed E-state index contributed by atoms with van der Waals surface area (Å²) in [7, 11) is 0. The molecule has 0 aromatic rings. The molecule has 0 fully saturated rings. The Kier molecular flexibility index (Phi) is 15.4. The molecule has 142 valence electrons. The first-order valence-electron chi connectivity index (χ1n) is 9.38. The average molecular weight is 346 g/mol. The van der Waals surface area contributed by atoms with Gasteiger partial charge in [0, 0.05) is 0 Å². The van der Waals surface area contributed by atoms with Crippen LogP contribution in [-0.4, -0.2) is 23.5 Å². The number of carboxylic acid groups (broad SMARTS) is 1. The SMILES string of the molecule is CCCCCCCCCCCC(CCCC)OC(=O)OOC(=O)O. The molecular weight excluding hydrogens is 312 g/mol. The molecule has 0 saturated heterocycles. The highest BCUT2D eigenvalue weighted by Gasteiger charge is 2.17. The normalized spacial score (nSPS) is 11.8. The number of ether oxygens (including phenoxy) is 1. The first-order valence-corrected chi connectivity index (χ1v) is 9.38. The van der Waals surface area contributed by atoms with Crippen molar-refractivity contribution in [2.45, 2.75) is 103 Å². The highest BCUT2D eigenvalue weighted by Crippen LogP contribution is 2.16. The van der Waals surface area contributed by atoms with Crippen LogP contribution >= 0.6 is 0 Å². The fourth-order valence-electron chi connectivity index (χ4n) is 2.60. The van der Waals surface area contributed by atoms with E-state index >= 15 is 0 Å². The summed E-state index contributed by atoms with van der Waals surface area (Å²) >= 11 is 0. The van der Waals surface area contributed by atoms with Crippen molar-refractivity contribution in [3.63, 3.8) is 0 Å². The van der Waals surface area contributed by atoms with E-state index in [1.165, 1.54) is 44.9 Å². The standard InChI is InChI=1S/C18H34O6/c1-3-5-7-8-9-10-11-12-13-15-16(14-6-4-2)22-18(21)24-23-17(19)20/h16H,3-15H2,1-2H3,(H,19,20). The summed E-state index contributed by atoms with van der Waals surface area (Å²) in [6.07, 6.45) is 11.7. The molecule has 0 heterocycles. The summed E-state index contributed by atoms with van der Waals surface area (Å²) in [4.78, 5) is 29.3. The van der Waals surface area contributed by atoms with E-state index in [0.29, 0.717) is 0 Å². The zero-order valence-electron chi connectivity index (χ0n) is 15.3. The number of hydrogen-bond acceptors (Lipinski definition) is 5. The monoisotopic (exact) mass is 346 g/mol. The van der Waals surface area contributed by atoms with Crippen LogP contribution in [0.5, 0.6) is 0 Å². The second-order valence-electron chi connectivity index (χ2n) is 6.18. The molecule has 0 amide bonds. The molecule has 1 N–H and O–H groups in total. The molecule has 0 radical (unpaired) electrons. The maximum absolute atomic E-state index is 11.3. The summed E-state index contributed by atoms with van der Waals surface area (Å²) < 4.78 is 5.13. The van der Waals surface area contributed by atoms with Crippen molar-refractivity contribution in [2.75, 3.05) is 0 Å². The fraction of sp³-hybridized carbons (Fsp3) is 0.889. The Hall–Kier alpha value is -1.46. The van der Waals surface area contributed by atoms with Crippen LogP contribution in [0.2, 0.25) is 0 Å². The van der Waals surface area contributed by atoms with Crippen molar-refractivity contribution in [1.29, 1.82) is 0 Å². The molecule has 0 rings (SSSR count). The molecule has 0 spiro atoms. The summed E-state index contributed by atoms with van der Waals surface area (Å²) in [6.45, 7) is 4.29. The molecule has 1 unspecified atom stereocenters. The lowest BCUT2D eigenvalue weighted by Crippen LogP contribution is -2.20. The number of carbonyl (C=O) groups excluding carboxylic acids is 1. The Balaban J connectivity index is 3.78. The molecule has 1 atom stereocenters. The van der Waals surface area contributed by atoms with E-state index in [0.717, 1.165) is 38.5 Å². The predicted octanol–water partition coefficient (Wildman–Crippen LogP) is 6.23. The molecule has 0 aromatic carbocycles. The van der Waals surface area contributed by atoms with Gasteiger partial charge in [-0.25, -0.2) is 9.68 Å². The van der Waals surface area contributed by atoms with Crippen LogP contribution in [0.3, 0.4) is 0 Å². The van der Waals surface area contributed by atoms with E-state index in [-0.39, 0.29) is 6.10 Å². The minimum atomic E-state index is -1.67. The van der Waals surface area contributed by atoms with E-state index in [2.05, 4.69) is 23.6 Å². The lowest BCUT2D eigenvalue weighted by molar-refractivity contribution is -0.217. The molecule has 0 saturated carbocycles. The molecule has 0 aliphatic carbocycles. The van der Waals surface area contributed by atoms with Crippen molar-refractivity contribution in [2.24, 2.45) is 0 Å². The van der Waals surface area contributed by atoms with Gasteiger partial charge in [0.1, 0.15) is 6.10 Å². The highest BCUT2D eigenvalue weighted by atomic mass is 17.3. The average Bonchev–Trinajstić information content (AvgIpc) is 2.56. The zero-order chi connectivity index (χ0) is 18.0. The summed E-state index contributed by atoms with van der Waals surface area (Å²) in [5.74, 6) is 0. The zero-order valence-corrected chi connectivity index (χ0v) is 15.3. The summed E-state index contributed by atoms with van der Waals surface area (Å²) in [6, 6.07) is 0. The molecule has 0 bridgehead atoms. The lowest BCUT2D eigenvalue weighted by atomic mass is 10.0. The van der Waals surface area contributed by atoms with E-state index < -0.39 is 12.3 Å². The lowest BCUT2D eigenvalue weighted by Gasteiger charge is -2.16. The van der Waals surface area contributed by atoms with Gasteiger partial charge in [-0.2, -0.15) is 9.68 Å². The Morgan fingerprint density at radius 2 is 1.25 bits per heavy atom. The third-order valence-corrected chi connectivity index (χ3v) is 3.95. The smallest absolute Gasteiger partial charge is 0.447 e. The predicted molar refractivity (Wildman–Crippen MR) is 91.8 cm³/mol.